The molecule has 0 bridgehead atoms. The number of carbonyl (C=O) groups is 2. The molecule has 1 unspecified atom stereocenters. The zero-order chi connectivity index (χ0) is 15.4. The lowest BCUT2D eigenvalue weighted by atomic mass is 10.0. The van der Waals surface area contributed by atoms with Crippen LogP contribution in [-0.2, 0) is 0 Å². The van der Waals surface area contributed by atoms with Crippen molar-refractivity contribution in [1.82, 2.24) is 4.90 Å². The molecule has 1 aliphatic heterocycles. The fourth-order valence-electron chi connectivity index (χ4n) is 2.41. The van der Waals surface area contributed by atoms with Crippen LogP contribution >= 0.6 is 0 Å². The van der Waals surface area contributed by atoms with Gasteiger partial charge in [0.1, 0.15) is 6.04 Å². The van der Waals surface area contributed by atoms with Crippen LogP contribution in [0.4, 0.5) is 0 Å². The second kappa shape index (κ2) is 6.22. The number of ketones is 1. The zero-order valence-corrected chi connectivity index (χ0v) is 11.9. The fourth-order valence-corrected chi connectivity index (χ4v) is 2.41. The van der Waals surface area contributed by atoms with E-state index in [-0.39, 0.29) is 11.7 Å². The minimum absolute atomic E-state index is 0.0921. The predicted molar refractivity (Wildman–Crippen MR) is 85.5 cm³/mol. The standard InChI is InChI=1S/C19H15NO2/c21-18(15-9-3-1-4-10-15)17-13-7-8-14-20(17)19(22)16-11-5-2-6-12-16/h1-14,17H. The van der Waals surface area contributed by atoms with E-state index in [1.165, 1.54) is 4.90 Å². The van der Waals surface area contributed by atoms with Crippen molar-refractivity contribution in [1.29, 1.82) is 0 Å². The Labute approximate surface area is 129 Å². The van der Waals surface area contributed by atoms with Gasteiger partial charge in [-0.25, -0.2) is 0 Å². The van der Waals surface area contributed by atoms with Crippen molar-refractivity contribution < 1.29 is 9.59 Å². The Balaban J connectivity index is 1.90. The Kier molecular flexibility index (Phi) is 3.97. The molecule has 1 heterocycles. The molecule has 0 N–H and O–H groups in total. The van der Waals surface area contributed by atoms with E-state index in [9.17, 15) is 9.59 Å². The fraction of sp³-hybridized carbons (Fsp3) is 0.0526. The van der Waals surface area contributed by atoms with E-state index in [4.69, 9.17) is 0 Å². The molecule has 1 atom stereocenters. The number of amides is 1. The maximum atomic E-state index is 12.7. The lowest BCUT2D eigenvalue weighted by molar-refractivity contribution is 0.0725. The Morgan fingerprint density at radius 1 is 0.773 bits per heavy atom. The highest BCUT2D eigenvalue weighted by Crippen LogP contribution is 2.17. The summed E-state index contributed by atoms with van der Waals surface area (Å²) in [6.07, 6.45) is 6.95. The van der Waals surface area contributed by atoms with Gasteiger partial charge in [-0.05, 0) is 18.2 Å². The van der Waals surface area contributed by atoms with E-state index in [1.807, 2.05) is 36.4 Å². The minimum atomic E-state index is -0.611. The average Bonchev–Trinajstić information content (AvgIpc) is 2.62. The zero-order valence-electron chi connectivity index (χ0n) is 11.9. The molecular formula is C19H15NO2. The van der Waals surface area contributed by atoms with Gasteiger partial charge in [0, 0.05) is 17.3 Å². The third kappa shape index (κ3) is 2.74. The number of hydrogen-bond acceptors (Lipinski definition) is 2. The number of hydrogen-bond donors (Lipinski definition) is 0. The summed E-state index contributed by atoms with van der Waals surface area (Å²) in [5.41, 5.74) is 1.16. The molecule has 22 heavy (non-hydrogen) atoms. The number of Topliss-reactive ketones (excluding diaryl/α,β-unsaturated/α-hetero) is 1. The first kappa shape index (κ1) is 14.0. The molecule has 0 saturated heterocycles. The van der Waals surface area contributed by atoms with E-state index in [0.717, 1.165) is 0 Å². The summed E-state index contributed by atoms with van der Waals surface area (Å²) in [6.45, 7) is 0. The third-order valence-electron chi connectivity index (χ3n) is 3.53. The Bertz CT molecular complexity index is 667. The van der Waals surface area contributed by atoms with Gasteiger partial charge in [0.2, 0.25) is 0 Å². The van der Waals surface area contributed by atoms with E-state index >= 15 is 0 Å². The van der Waals surface area contributed by atoms with Crippen LogP contribution in [0.25, 0.3) is 0 Å². The highest BCUT2D eigenvalue weighted by atomic mass is 16.2. The first-order chi connectivity index (χ1) is 10.8. The molecule has 0 spiro atoms. The summed E-state index contributed by atoms with van der Waals surface area (Å²) in [7, 11) is 0. The molecule has 2 aromatic carbocycles. The van der Waals surface area contributed by atoms with Crippen LogP contribution in [0.5, 0.6) is 0 Å². The van der Waals surface area contributed by atoms with E-state index < -0.39 is 6.04 Å². The monoisotopic (exact) mass is 289 g/mol. The smallest absolute Gasteiger partial charge is 0.258 e. The highest BCUT2D eigenvalue weighted by molar-refractivity contribution is 6.06. The molecule has 0 aliphatic carbocycles. The van der Waals surface area contributed by atoms with Gasteiger partial charge < -0.3 is 4.90 Å². The van der Waals surface area contributed by atoms with Gasteiger partial charge in [0.25, 0.3) is 5.91 Å². The second-order valence-corrected chi connectivity index (χ2v) is 4.98. The Morgan fingerprint density at radius 3 is 2.00 bits per heavy atom. The maximum Gasteiger partial charge on any atom is 0.258 e. The normalized spacial score (nSPS) is 16.5. The van der Waals surface area contributed by atoms with Crippen molar-refractivity contribution in [3.05, 3.63) is 96.2 Å². The van der Waals surface area contributed by atoms with E-state index in [0.29, 0.717) is 11.1 Å². The van der Waals surface area contributed by atoms with Gasteiger partial charge in [-0.1, -0.05) is 60.7 Å². The molecule has 1 amide bonds. The van der Waals surface area contributed by atoms with Crippen molar-refractivity contribution in [2.45, 2.75) is 6.04 Å². The minimum Gasteiger partial charge on any atom is -0.301 e. The van der Waals surface area contributed by atoms with E-state index in [1.54, 1.807) is 48.7 Å². The van der Waals surface area contributed by atoms with Crippen LogP contribution in [0.1, 0.15) is 20.7 Å². The molecule has 108 valence electrons. The van der Waals surface area contributed by atoms with Gasteiger partial charge >= 0.3 is 0 Å². The molecule has 0 radical (unpaired) electrons. The van der Waals surface area contributed by atoms with Crippen LogP contribution in [0.2, 0.25) is 0 Å². The van der Waals surface area contributed by atoms with Gasteiger partial charge in [-0.15, -0.1) is 0 Å². The van der Waals surface area contributed by atoms with Crippen molar-refractivity contribution in [3.63, 3.8) is 0 Å². The third-order valence-corrected chi connectivity index (χ3v) is 3.53. The number of benzene rings is 2. The van der Waals surface area contributed by atoms with Crippen molar-refractivity contribution in [3.8, 4) is 0 Å². The SMILES string of the molecule is O=C(c1ccccc1)C1C=CC=CN1C(=O)c1ccccc1. The van der Waals surface area contributed by atoms with Crippen LogP contribution in [0.15, 0.2) is 85.1 Å². The summed E-state index contributed by atoms with van der Waals surface area (Å²) in [5.74, 6) is -0.277. The molecule has 0 aromatic heterocycles. The van der Waals surface area contributed by atoms with Crippen molar-refractivity contribution in [2.24, 2.45) is 0 Å². The maximum absolute atomic E-state index is 12.7. The summed E-state index contributed by atoms with van der Waals surface area (Å²) in [5, 5.41) is 0. The predicted octanol–water partition coefficient (Wildman–Crippen LogP) is 3.46. The van der Waals surface area contributed by atoms with Crippen LogP contribution in [-0.4, -0.2) is 22.6 Å². The first-order valence-electron chi connectivity index (χ1n) is 7.09. The molecule has 3 nitrogen and oxygen atoms in total. The van der Waals surface area contributed by atoms with Crippen molar-refractivity contribution in [2.75, 3.05) is 0 Å². The average molecular weight is 289 g/mol. The highest BCUT2D eigenvalue weighted by Gasteiger charge is 2.28. The van der Waals surface area contributed by atoms with Gasteiger partial charge in [0.15, 0.2) is 5.78 Å². The summed E-state index contributed by atoms with van der Waals surface area (Å²) >= 11 is 0. The van der Waals surface area contributed by atoms with Crippen LogP contribution in [0.3, 0.4) is 0 Å². The summed E-state index contributed by atoms with van der Waals surface area (Å²) in [6, 6.07) is 17.4. The Hall–Kier alpha value is -2.94. The first-order valence-corrected chi connectivity index (χ1v) is 7.09. The molecule has 1 aliphatic rings. The number of carbonyl (C=O) groups excluding carboxylic acids is 2. The summed E-state index contributed by atoms with van der Waals surface area (Å²) < 4.78 is 0. The second-order valence-electron chi connectivity index (χ2n) is 4.98. The number of rotatable bonds is 3. The van der Waals surface area contributed by atoms with Crippen molar-refractivity contribution >= 4 is 11.7 Å². The lowest BCUT2D eigenvalue weighted by Gasteiger charge is -2.27. The molecule has 2 aromatic rings. The van der Waals surface area contributed by atoms with Crippen LogP contribution < -0.4 is 0 Å². The molecule has 3 heteroatoms. The summed E-state index contributed by atoms with van der Waals surface area (Å²) in [4.78, 5) is 26.8. The largest absolute Gasteiger partial charge is 0.301 e. The van der Waals surface area contributed by atoms with E-state index in [2.05, 4.69) is 0 Å². The van der Waals surface area contributed by atoms with Crippen LogP contribution in [0, 0.1) is 0 Å². The van der Waals surface area contributed by atoms with Gasteiger partial charge in [-0.2, -0.15) is 0 Å². The molecule has 3 rings (SSSR count). The van der Waals surface area contributed by atoms with Gasteiger partial charge in [-0.3, -0.25) is 9.59 Å². The quantitative estimate of drug-likeness (QED) is 0.811. The van der Waals surface area contributed by atoms with Gasteiger partial charge in [0.05, 0.1) is 0 Å². The Morgan fingerprint density at radius 2 is 1.36 bits per heavy atom. The number of allylic oxidation sites excluding steroid dienone is 2. The molecule has 0 fully saturated rings. The molecular weight excluding hydrogens is 274 g/mol. The lowest BCUT2D eigenvalue weighted by Crippen LogP contribution is -2.41. The molecule has 0 saturated carbocycles. The number of nitrogens with zero attached hydrogens (tertiary/aromatic N) is 1. The topological polar surface area (TPSA) is 37.4 Å².